The Morgan fingerprint density at radius 3 is 2.47 bits per heavy atom. The van der Waals surface area contributed by atoms with Crippen LogP contribution in [0.1, 0.15) is 6.92 Å². The molecule has 0 fully saturated rings. The van der Waals surface area contributed by atoms with Gasteiger partial charge in [0, 0.05) is 5.69 Å². The standard InChI is InChI=1S/C13H17NO4S/c1-3-18-13(16)9-19-8-12(15)14-10-4-6-11(17-2)7-5-10/h4-7H,3,8-9H2,1-2H3,(H,14,15). The van der Waals surface area contributed by atoms with E-state index in [0.717, 1.165) is 5.75 Å². The third kappa shape index (κ3) is 6.15. The van der Waals surface area contributed by atoms with Crippen LogP contribution in [0.5, 0.6) is 5.75 Å². The van der Waals surface area contributed by atoms with Gasteiger partial charge in [-0.05, 0) is 31.2 Å². The average Bonchev–Trinajstić information content (AvgIpc) is 2.40. The van der Waals surface area contributed by atoms with Gasteiger partial charge in [-0.1, -0.05) is 0 Å². The summed E-state index contributed by atoms with van der Waals surface area (Å²) >= 11 is 1.23. The molecule has 0 aliphatic heterocycles. The highest BCUT2D eigenvalue weighted by atomic mass is 32.2. The predicted molar refractivity (Wildman–Crippen MR) is 75.6 cm³/mol. The molecule has 0 bridgehead atoms. The average molecular weight is 283 g/mol. The largest absolute Gasteiger partial charge is 0.497 e. The summed E-state index contributed by atoms with van der Waals surface area (Å²) in [5.41, 5.74) is 0.697. The number of carbonyl (C=O) groups excluding carboxylic acids is 2. The van der Waals surface area contributed by atoms with Crippen molar-refractivity contribution >= 4 is 29.3 Å². The Hall–Kier alpha value is -1.69. The molecule has 0 aromatic heterocycles. The number of benzene rings is 1. The molecule has 1 aromatic carbocycles. The second kappa shape index (κ2) is 8.42. The third-order valence-electron chi connectivity index (χ3n) is 2.13. The molecule has 5 nitrogen and oxygen atoms in total. The second-order valence-electron chi connectivity index (χ2n) is 3.57. The van der Waals surface area contributed by atoms with E-state index in [-0.39, 0.29) is 23.4 Å². The van der Waals surface area contributed by atoms with E-state index in [0.29, 0.717) is 12.3 Å². The molecule has 0 aliphatic rings. The molecule has 0 unspecified atom stereocenters. The summed E-state index contributed by atoms with van der Waals surface area (Å²) in [4.78, 5) is 22.7. The van der Waals surface area contributed by atoms with Gasteiger partial charge in [0.25, 0.3) is 0 Å². The van der Waals surface area contributed by atoms with Crippen molar-refractivity contribution < 1.29 is 19.1 Å². The molecule has 1 amide bonds. The van der Waals surface area contributed by atoms with E-state index in [2.05, 4.69) is 5.32 Å². The number of carbonyl (C=O) groups is 2. The minimum atomic E-state index is -0.301. The van der Waals surface area contributed by atoms with Crippen LogP contribution in [0, 0.1) is 0 Å². The molecule has 0 heterocycles. The Morgan fingerprint density at radius 1 is 1.21 bits per heavy atom. The van der Waals surface area contributed by atoms with Gasteiger partial charge in [0.2, 0.25) is 5.91 Å². The first-order chi connectivity index (χ1) is 9.15. The monoisotopic (exact) mass is 283 g/mol. The van der Waals surface area contributed by atoms with Crippen LogP contribution in [0.25, 0.3) is 0 Å². The lowest BCUT2D eigenvalue weighted by Gasteiger charge is -2.06. The quantitative estimate of drug-likeness (QED) is 0.775. The Kier molecular flexibility index (Phi) is 6.81. The van der Waals surface area contributed by atoms with E-state index in [1.165, 1.54) is 11.8 Å². The van der Waals surface area contributed by atoms with Gasteiger partial charge in [-0.15, -0.1) is 11.8 Å². The Bertz CT molecular complexity index is 419. The van der Waals surface area contributed by atoms with Crippen LogP contribution in [0.4, 0.5) is 5.69 Å². The minimum Gasteiger partial charge on any atom is -0.497 e. The molecule has 6 heteroatoms. The van der Waals surface area contributed by atoms with Gasteiger partial charge in [-0.3, -0.25) is 9.59 Å². The summed E-state index contributed by atoms with van der Waals surface area (Å²) in [6.45, 7) is 2.11. The van der Waals surface area contributed by atoms with Crippen LogP contribution in [-0.4, -0.2) is 37.1 Å². The molecular formula is C13H17NO4S. The van der Waals surface area contributed by atoms with Crippen molar-refractivity contribution in [2.75, 3.05) is 30.5 Å². The SMILES string of the molecule is CCOC(=O)CSCC(=O)Nc1ccc(OC)cc1. The zero-order valence-corrected chi connectivity index (χ0v) is 11.8. The Morgan fingerprint density at radius 2 is 1.89 bits per heavy atom. The minimum absolute atomic E-state index is 0.153. The molecule has 1 aromatic rings. The van der Waals surface area contributed by atoms with E-state index in [9.17, 15) is 9.59 Å². The summed E-state index contributed by atoms with van der Waals surface area (Å²) in [5.74, 6) is 0.674. The maximum Gasteiger partial charge on any atom is 0.315 e. The highest BCUT2D eigenvalue weighted by Crippen LogP contribution is 2.15. The number of thioether (sulfide) groups is 1. The van der Waals surface area contributed by atoms with Crippen molar-refractivity contribution in [1.82, 2.24) is 0 Å². The molecule has 104 valence electrons. The molecular weight excluding hydrogens is 266 g/mol. The number of nitrogens with one attached hydrogen (secondary N) is 1. The number of hydrogen-bond donors (Lipinski definition) is 1. The van der Waals surface area contributed by atoms with Gasteiger partial charge in [0.1, 0.15) is 5.75 Å². The zero-order valence-electron chi connectivity index (χ0n) is 11.0. The lowest BCUT2D eigenvalue weighted by Crippen LogP contribution is -2.16. The van der Waals surface area contributed by atoms with Crippen molar-refractivity contribution in [1.29, 1.82) is 0 Å². The lowest BCUT2D eigenvalue weighted by atomic mass is 10.3. The molecule has 19 heavy (non-hydrogen) atoms. The van der Waals surface area contributed by atoms with Gasteiger partial charge in [0.05, 0.1) is 25.2 Å². The number of methoxy groups -OCH3 is 1. The molecule has 0 aliphatic carbocycles. The summed E-state index contributed by atoms with van der Waals surface area (Å²) in [6, 6.07) is 7.04. The number of hydrogen-bond acceptors (Lipinski definition) is 5. The summed E-state index contributed by atoms with van der Waals surface area (Å²) in [7, 11) is 1.58. The van der Waals surface area contributed by atoms with Crippen LogP contribution >= 0.6 is 11.8 Å². The highest BCUT2D eigenvalue weighted by molar-refractivity contribution is 8.00. The van der Waals surface area contributed by atoms with E-state index >= 15 is 0 Å². The molecule has 0 spiro atoms. The van der Waals surface area contributed by atoms with Gasteiger partial charge in [-0.25, -0.2) is 0 Å². The van der Waals surface area contributed by atoms with E-state index in [4.69, 9.17) is 9.47 Å². The zero-order chi connectivity index (χ0) is 14.1. The molecule has 0 saturated heterocycles. The number of ether oxygens (including phenoxy) is 2. The fraction of sp³-hybridized carbons (Fsp3) is 0.385. The smallest absolute Gasteiger partial charge is 0.315 e. The maximum absolute atomic E-state index is 11.6. The topological polar surface area (TPSA) is 64.6 Å². The normalized spacial score (nSPS) is 9.79. The number of anilines is 1. The molecule has 0 radical (unpaired) electrons. The predicted octanol–water partition coefficient (Wildman–Crippen LogP) is 1.93. The summed E-state index contributed by atoms with van der Waals surface area (Å²) in [5, 5.41) is 2.73. The molecule has 1 rings (SSSR count). The van der Waals surface area contributed by atoms with Crippen molar-refractivity contribution in [3.05, 3.63) is 24.3 Å². The number of rotatable bonds is 7. The first-order valence-electron chi connectivity index (χ1n) is 5.83. The first-order valence-corrected chi connectivity index (χ1v) is 6.98. The summed E-state index contributed by atoms with van der Waals surface area (Å²) in [6.07, 6.45) is 0. The molecule has 1 N–H and O–H groups in total. The van der Waals surface area contributed by atoms with Gasteiger partial charge >= 0.3 is 5.97 Å². The van der Waals surface area contributed by atoms with Crippen molar-refractivity contribution in [3.63, 3.8) is 0 Å². The summed E-state index contributed by atoms with van der Waals surface area (Å²) < 4.78 is 9.78. The molecule has 0 atom stereocenters. The van der Waals surface area contributed by atoms with Crippen molar-refractivity contribution in [2.45, 2.75) is 6.92 Å². The first kappa shape index (κ1) is 15.4. The molecule has 0 saturated carbocycles. The maximum atomic E-state index is 11.6. The van der Waals surface area contributed by atoms with Crippen molar-refractivity contribution in [2.24, 2.45) is 0 Å². The lowest BCUT2D eigenvalue weighted by molar-refractivity contribution is -0.139. The van der Waals surface area contributed by atoms with Crippen molar-refractivity contribution in [3.8, 4) is 5.75 Å². The van der Waals surface area contributed by atoms with E-state index in [1.54, 1.807) is 38.3 Å². The number of amides is 1. The number of esters is 1. The highest BCUT2D eigenvalue weighted by Gasteiger charge is 2.06. The Balaban J connectivity index is 2.28. The van der Waals surface area contributed by atoms with Gasteiger partial charge in [-0.2, -0.15) is 0 Å². The third-order valence-corrected chi connectivity index (χ3v) is 3.04. The van der Waals surface area contributed by atoms with Crippen LogP contribution < -0.4 is 10.1 Å². The fourth-order valence-electron chi connectivity index (χ4n) is 1.30. The van der Waals surface area contributed by atoms with Gasteiger partial charge < -0.3 is 14.8 Å². The van der Waals surface area contributed by atoms with E-state index < -0.39 is 0 Å². The Labute approximate surface area is 116 Å². The van der Waals surface area contributed by atoms with E-state index in [1.807, 2.05) is 0 Å². The fourth-order valence-corrected chi connectivity index (χ4v) is 1.91. The van der Waals surface area contributed by atoms with Crippen LogP contribution in [0.3, 0.4) is 0 Å². The van der Waals surface area contributed by atoms with Crippen LogP contribution in [0.2, 0.25) is 0 Å². The second-order valence-corrected chi connectivity index (χ2v) is 4.56. The van der Waals surface area contributed by atoms with Gasteiger partial charge in [0.15, 0.2) is 0 Å². The van der Waals surface area contributed by atoms with Crippen LogP contribution in [0.15, 0.2) is 24.3 Å². The van der Waals surface area contributed by atoms with Crippen LogP contribution in [-0.2, 0) is 14.3 Å².